The zero-order chi connectivity index (χ0) is 12.3. The molecule has 0 aliphatic heterocycles. The Morgan fingerprint density at radius 2 is 2.00 bits per heavy atom. The summed E-state index contributed by atoms with van der Waals surface area (Å²) < 4.78 is 0. The molecule has 0 saturated heterocycles. The number of H-pyrrole nitrogens is 1. The fraction of sp³-hybridized carbons (Fsp3) is 0.308. The average molecular weight is 250 g/mol. The third-order valence-corrected chi connectivity index (χ3v) is 3.00. The highest BCUT2D eigenvalue weighted by molar-refractivity contribution is 6.31. The van der Waals surface area contributed by atoms with Gasteiger partial charge in [0.15, 0.2) is 0 Å². The second-order valence-electron chi connectivity index (χ2n) is 3.94. The van der Waals surface area contributed by atoms with E-state index in [0.717, 1.165) is 23.5 Å². The highest BCUT2D eigenvalue weighted by atomic mass is 35.5. The lowest BCUT2D eigenvalue weighted by Gasteiger charge is -1.99. The first-order chi connectivity index (χ1) is 8.24. The Hall–Kier alpha value is -1.32. The van der Waals surface area contributed by atoms with Crippen LogP contribution in [0.15, 0.2) is 24.3 Å². The number of nitrogens with two attached hydrogens (primary N) is 1. The topological polar surface area (TPSA) is 54.7 Å². The largest absolute Gasteiger partial charge is 0.332 e. The molecule has 1 aromatic carbocycles. The Morgan fingerprint density at radius 1 is 1.29 bits per heavy atom. The molecule has 3 nitrogen and oxygen atoms in total. The standard InChI is InChI=1S/C13H16ClN3/c1-2-9-3-5-10(6-4-9)12-13(14)17-11(16-12)7-8-15/h3-6H,2,7-8,15H2,1H3,(H,16,17). The van der Waals surface area contributed by atoms with E-state index in [1.807, 2.05) is 12.1 Å². The quantitative estimate of drug-likeness (QED) is 0.876. The van der Waals surface area contributed by atoms with Crippen LogP contribution in [0, 0.1) is 0 Å². The van der Waals surface area contributed by atoms with Crippen molar-refractivity contribution in [1.29, 1.82) is 0 Å². The van der Waals surface area contributed by atoms with Crippen LogP contribution < -0.4 is 5.73 Å². The van der Waals surface area contributed by atoms with Crippen molar-refractivity contribution in [1.82, 2.24) is 9.97 Å². The number of hydrogen-bond acceptors (Lipinski definition) is 2. The van der Waals surface area contributed by atoms with Crippen molar-refractivity contribution in [2.24, 2.45) is 5.73 Å². The smallest absolute Gasteiger partial charge is 0.134 e. The van der Waals surface area contributed by atoms with Crippen molar-refractivity contribution >= 4 is 11.6 Å². The fourth-order valence-electron chi connectivity index (χ4n) is 1.74. The minimum Gasteiger partial charge on any atom is -0.332 e. The van der Waals surface area contributed by atoms with Crippen LogP contribution in [0.4, 0.5) is 0 Å². The Kier molecular flexibility index (Phi) is 3.82. The summed E-state index contributed by atoms with van der Waals surface area (Å²) in [5.41, 5.74) is 8.64. The van der Waals surface area contributed by atoms with Crippen molar-refractivity contribution in [3.8, 4) is 11.3 Å². The number of nitrogens with zero attached hydrogens (tertiary/aromatic N) is 1. The predicted octanol–water partition coefficient (Wildman–Crippen LogP) is 2.79. The number of aryl methyl sites for hydroxylation is 1. The zero-order valence-electron chi connectivity index (χ0n) is 9.83. The molecular formula is C13H16ClN3. The molecule has 2 rings (SSSR count). The molecule has 1 aromatic heterocycles. The minimum atomic E-state index is 0.568. The summed E-state index contributed by atoms with van der Waals surface area (Å²) in [5.74, 6) is 0.840. The molecule has 0 aliphatic carbocycles. The maximum Gasteiger partial charge on any atom is 0.134 e. The lowest BCUT2D eigenvalue weighted by atomic mass is 10.1. The van der Waals surface area contributed by atoms with Gasteiger partial charge in [0.25, 0.3) is 0 Å². The van der Waals surface area contributed by atoms with Crippen molar-refractivity contribution in [3.63, 3.8) is 0 Å². The first-order valence-electron chi connectivity index (χ1n) is 5.78. The van der Waals surface area contributed by atoms with E-state index in [4.69, 9.17) is 17.3 Å². The molecule has 0 unspecified atom stereocenters. The van der Waals surface area contributed by atoms with Gasteiger partial charge in [0, 0.05) is 12.0 Å². The number of hydrogen-bond donors (Lipinski definition) is 2. The van der Waals surface area contributed by atoms with Gasteiger partial charge in [0.2, 0.25) is 0 Å². The molecule has 0 radical (unpaired) electrons. The van der Waals surface area contributed by atoms with Gasteiger partial charge in [-0.15, -0.1) is 0 Å². The van der Waals surface area contributed by atoms with Crippen molar-refractivity contribution in [2.45, 2.75) is 19.8 Å². The van der Waals surface area contributed by atoms with E-state index >= 15 is 0 Å². The van der Waals surface area contributed by atoms with Gasteiger partial charge in [-0.3, -0.25) is 0 Å². The van der Waals surface area contributed by atoms with Crippen molar-refractivity contribution < 1.29 is 0 Å². The molecule has 4 heteroatoms. The maximum atomic E-state index is 6.13. The highest BCUT2D eigenvalue weighted by Crippen LogP contribution is 2.25. The van der Waals surface area contributed by atoms with E-state index < -0.39 is 0 Å². The summed E-state index contributed by atoms with van der Waals surface area (Å²) in [6.45, 7) is 2.70. The van der Waals surface area contributed by atoms with Crippen LogP contribution in [-0.4, -0.2) is 16.5 Å². The summed E-state index contributed by atoms with van der Waals surface area (Å²) in [5, 5.41) is 0.581. The van der Waals surface area contributed by atoms with Gasteiger partial charge in [-0.25, -0.2) is 4.98 Å². The van der Waals surface area contributed by atoms with Crippen LogP contribution in [0.25, 0.3) is 11.3 Å². The summed E-state index contributed by atoms with van der Waals surface area (Å²) in [7, 11) is 0. The van der Waals surface area contributed by atoms with Crippen LogP contribution in [-0.2, 0) is 12.8 Å². The molecule has 0 fully saturated rings. The molecule has 2 aromatic rings. The number of halogens is 1. The average Bonchev–Trinajstić information content (AvgIpc) is 2.71. The van der Waals surface area contributed by atoms with Gasteiger partial charge in [0.1, 0.15) is 16.7 Å². The molecule has 3 N–H and O–H groups in total. The molecule has 90 valence electrons. The van der Waals surface area contributed by atoms with Gasteiger partial charge in [-0.1, -0.05) is 42.8 Å². The predicted molar refractivity (Wildman–Crippen MR) is 71.2 cm³/mol. The Morgan fingerprint density at radius 3 is 2.59 bits per heavy atom. The second-order valence-corrected chi connectivity index (χ2v) is 4.31. The van der Waals surface area contributed by atoms with E-state index in [1.165, 1.54) is 5.56 Å². The van der Waals surface area contributed by atoms with Crippen LogP contribution in [0.3, 0.4) is 0 Å². The van der Waals surface area contributed by atoms with Gasteiger partial charge in [0.05, 0.1) is 0 Å². The van der Waals surface area contributed by atoms with Gasteiger partial charge in [-0.05, 0) is 18.5 Å². The van der Waals surface area contributed by atoms with E-state index in [9.17, 15) is 0 Å². The Labute approximate surface area is 106 Å². The highest BCUT2D eigenvalue weighted by Gasteiger charge is 2.09. The lowest BCUT2D eigenvalue weighted by Crippen LogP contribution is -2.03. The fourth-order valence-corrected chi connectivity index (χ4v) is 2.00. The third-order valence-electron chi connectivity index (χ3n) is 2.73. The molecule has 17 heavy (non-hydrogen) atoms. The van der Waals surface area contributed by atoms with E-state index in [1.54, 1.807) is 0 Å². The number of aromatic amines is 1. The summed E-state index contributed by atoms with van der Waals surface area (Å²) in [6, 6.07) is 8.30. The number of benzene rings is 1. The molecule has 1 heterocycles. The van der Waals surface area contributed by atoms with Crippen molar-refractivity contribution in [3.05, 3.63) is 40.8 Å². The number of nitrogens with one attached hydrogen (secondary N) is 1. The first kappa shape index (κ1) is 12.1. The van der Waals surface area contributed by atoms with E-state index in [2.05, 4.69) is 29.0 Å². The van der Waals surface area contributed by atoms with Crippen LogP contribution >= 0.6 is 11.6 Å². The zero-order valence-corrected chi connectivity index (χ0v) is 10.6. The Bertz CT molecular complexity index is 488. The molecule has 0 bridgehead atoms. The summed E-state index contributed by atoms with van der Waals surface area (Å²) in [4.78, 5) is 7.50. The van der Waals surface area contributed by atoms with Crippen LogP contribution in [0.2, 0.25) is 5.15 Å². The normalized spacial score (nSPS) is 10.8. The van der Waals surface area contributed by atoms with E-state index in [-0.39, 0.29) is 0 Å². The minimum absolute atomic E-state index is 0.568. The van der Waals surface area contributed by atoms with Crippen LogP contribution in [0.5, 0.6) is 0 Å². The number of rotatable bonds is 4. The van der Waals surface area contributed by atoms with Gasteiger partial charge < -0.3 is 10.7 Å². The second kappa shape index (κ2) is 5.34. The SMILES string of the molecule is CCc1ccc(-c2nc(CCN)[nH]c2Cl)cc1. The summed E-state index contributed by atoms with van der Waals surface area (Å²) >= 11 is 6.13. The van der Waals surface area contributed by atoms with Gasteiger partial charge >= 0.3 is 0 Å². The molecule has 0 amide bonds. The monoisotopic (exact) mass is 249 g/mol. The molecular weight excluding hydrogens is 234 g/mol. The molecule has 0 atom stereocenters. The molecule has 0 spiro atoms. The first-order valence-corrected chi connectivity index (χ1v) is 6.16. The summed E-state index contributed by atoms with van der Waals surface area (Å²) in [6.07, 6.45) is 1.75. The Balaban J connectivity index is 2.31. The number of aromatic nitrogens is 2. The molecule has 0 saturated carbocycles. The maximum absolute atomic E-state index is 6.13. The van der Waals surface area contributed by atoms with Gasteiger partial charge in [-0.2, -0.15) is 0 Å². The lowest BCUT2D eigenvalue weighted by molar-refractivity contribution is 0.895. The van der Waals surface area contributed by atoms with Crippen molar-refractivity contribution in [2.75, 3.05) is 6.54 Å². The van der Waals surface area contributed by atoms with E-state index in [0.29, 0.717) is 18.1 Å². The number of imidazole rings is 1. The van der Waals surface area contributed by atoms with Crippen LogP contribution in [0.1, 0.15) is 18.3 Å². The third kappa shape index (κ3) is 2.68. The molecule has 0 aliphatic rings.